The largest absolute Gasteiger partial charge is 0.491 e. The molecule has 40 heavy (non-hydrogen) atoms. The first-order valence-electron chi connectivity index (χ1n) is 12.9. The van der Waals surface area contributed by atoms with Crippen molar-refractivity contribution in [3.63, 3.8) is 0 Å². The fraction of sp³-hybridized carbons (Fsp3) is 0.400. The monoisotopic (exact) mass is 554 g/mol. The van der Waals surface area contributed by atoms with Gasteiger partial charge < -0.3 is 38.6 Å². The first kappa shape index (κ1) is 29.3. The molecule has 2 aromatic rings. The molecule has 10 heteroatoms. The zero-order valence-electron chi connectivity index (χ0n) is 22.8. The van der Waals surface area contributed by atoms with Crippen molar-refractivity contribution >= 4 is 24.1 Å². The molecule has 10 nitrogen and oxygen atoms in total. The fourth-order valence-electron chi connectivity index (χ4n) is 4.58. The Balaban J connectivity index is 1.41. The summed E-state index contributed by atoms with van der Waals surface area (Å²) < 4.78 is 36.9. The quantitative estimate of drug-likeness (QED) is 0.386. The Hall–Kier alpha value is -3.70. The van der Waals surface area contributed by atoms with E-state index in [1.165, 1.54) is 12.2 Å². The van der Waals surface area contributed by atoms with Crippen LogP contribution in [0.5, 0.6) is 11.5 Å². The summed E-state index contributed by atoms with van der Waals surface area (Å²) in [7, 11) is 0. The Morgan fingerprint density at radius 2 is 1.02 bits per heavy atom. The molecule has 0 radical (unpaired) electrons. The molecule has 4 rings (SSSR count). The van der Waals surface area contributed by atoms with E-state index in [0.717, 1.165) is 23.3 Å². The average molecular weight is 555 g/mol. The van der Waals surface area contributed by atoms with Gasteiger partial charge >= 0.3 is 11.9 Å². The van der Waals surface area contributed by atoms with E-state index in [2.05, 4.69) is 0 Å². The number of carboxylic acid groups (broad SMARTS) is 2. The van der Waals surface area contributed by atoms with Gasteiger partial charge in [0, 0.05) is 12.2 Å². The average Bonchev–Trinajstić information content (AvgIpc) is 3.38. The smallest absolute Gasteiger partial charge is 0.328 e. The van der Waals surface area contributed by atoms with Gasteiger partial charge in [0.05, 0.1) is 0 Å². The van der Waals surface area contributed by atoms with E-state index < -0.39 is 47.9 Å². The summed E-state index contributed by atoms with van der Waals surface area (Å²) in [5.74, 6) is -2.56. The van der Waals surface area contributed by atoms with E-state index in [1.807, 2.05) is 27.7 Å². The Morgan fingerprint density at radius 3 is 1.35 bits per heavy atom. The maximum Gasteiger partial charge on any atom is 0.328 e. The lowest BCUT2D eigenvalue weighted by Crippen LogP contribution is -2.45. The second kappa shape index (κ2) is 12.2. The summed E-state index contributed by atoms with van der Waals surface area (Å²) in [5, 5.41) is 17.6. The molecule has 0 unspecified atom stereocenters. The number of benzene rings is 2. The van der Waals surface area contributed by atoms with Crippen LogP contribution < -0.4 is 9.47 Å². The minimum absolute atomic E-state index is 0.192. The molecule has 2 aliphatic rings. The van der Waals surface area contributed by atoms with Gasteiger partial charge in [-0.15, -0.1) is 0 Å². The van der Waals surface area contributed by atoms with Gasteiger partial charge in [0.15, 0.2) is 11.6 Å². The summed E-state index contributed by atoms with van der Waals surface area (Å²) in [6, 6.07) is 14.1. The molecular weight excluding hydrogens is 520 g/mol. The molecule has 2 aromatic carbocycles. The second-order valence-electron chi connectivity index (χ2n) is 10.4. The van der Waals surface area contributed by atoms with Crippen molar-refractivity contribution in [3.05, 3.63) is 71.8 Å². The number of hydrogen-bond acceptors (Lipinski definition) is 8. The standard InChI is InChI=1S/C30H34O10/c1-29(2)37-23(17-35-21-11-5-19(6-12-21)9-15-25(31)32)27(39-29)28-24(38-30(3,4)40-28)18-36-22-13-7-20(8-14-22)10-16-26(33)34/h5-16,23-24,27-28H,17-18H2,1-4H3,(H,31,32)(H,33,34)/t23-,24+,27+,28-. The molecule has 2 heterocycles. The van der Waals surface area contributed by atoms with Crippen LogP contribution in [0.3, 0.4) is 0 Å². The highest BCUT2D eigenvalue weighted by atomic mass is 16.8. The summed E-state index contributed by atoms with van der Waals surface area (Å²) in [6.07, 6.45) is 3.21. The fourth-order valence-corrected chi connectivity index (χ4v) is 4.58. The van der Waals surface area contributed by atoms with Crippen molar-refractivity contribution < 1.29 is 48.2 Å². The molecule has 2 N–H and O–H groups in total. The topological polar surface area (TPSA) is 130 Å². The van der Waals surface area contributed by atoms with E-state index in [1.54, 1.807) is 48.5 Å². The molecule has 0 aromatic heterocycles. The molecule has 4 atom stereocenters. The lowest BCUT2D eigenvalue weighted by molar-refractivity contribution is -0.175. The van der Waals surface area contributed by atoms with E-state index in [9.17, 15) is 9.59 Å². The van der Waals surface area contributed by atoms with Crippen LogP contribution in [-0.2, 0) is 28.5 Å². The lowest BCUT2D eigenvalue weighted by atomic mass is 10.0. The van der Waals surface area contributed by atoms with Crippen LogP contribution in [0.15, 0.2) is 60.7 Å². The van der Waals surface area contributed by atoms with E-state index in [-0.39, 0.29) is 13.2 Å². The van der Waals surface area contributed by atoms with Gasteiger partial charge in [-0.25, -0.2) is 9.59 Å². The molecule has 0 spiro atoms. The van der Waals surface area contributed by atoms with Crippen LogP contribution >= 0.6 is 0 Å². The molecule has 0 amide bonds. The van der Waals surface area contributed by atoms with Gasteiger partial charge in [-0.1, -0.05) is 24.3 Å². The van der Waals surface area contributed by atoms with Gasteiger partial charge in [0.1, 0.15) is 49.1 Å². The molecule has 2 fully saturated rings. The molecular formula is C30H34O10. The van der Waals surface area contributed by atoms with Crippen molar-refractivity contribution in [2.75, 3.05) is 13.2 Å². The second-order valence-corrected chi connectivity index (χ2v) is 10.4. The lowest BCUT2D eigenvalue weighted by Gasteiger charge is -2.26. The van der Waals surface area contributed by atoms with Crippen LogP contribution in [0.1, 0.15) is 38.8 Å². The van der Waals surface area contributed by atoms with Crippen molar-refractivity contribution in [2.45, 2.75) is 63.7 Å². The number of carbonyl (C=O) groups is 2. The van der Waals surface area contributed by atoms with Gasteiger partial charge in [0.25, 0.3) is 0 Å². The van der Waals surface area contributed by atoms with E-state index >= 15 is 0 Å². The van der Waals surface area contributed by atoms with Crippen molar-refractivity contribution in [3.8, 4) is 11.5 Å². The highest BCUT2D eigenvalue weighted by Gasteiger charge is 2.54. The number of carboxylic acids is 2. The summed E-state index contributed by atoms with van der Waals surface area (Å²) in [6.45, 7) is 7.70. The van der Waals surface area contributed by atoms with E-state index in [0.29, 0.717) is 11.5 Å². The Morgan fingerprint density at radius 1 is 0.675 bits per heavy atom. The van der Waals surface area contributed by atoms with Crippen LogP contribution in [-0.4, -0.2) is 71.4 Å². The van der Waals surface area contributed by atoms with Gasteiger partial charge in [-0.05, 0) is 75.2 Å². The molecule has 214 valence electrons. The maximum atomic E-state index is 10.7. The molecule has 2 aliphatic heterocycles. The van der Waals surface area contributed by atoms with Crippen molar-refractivity contribution in [1.82, 2.24) is 0 Å². The van der Waals surface area contributed by atoms with Crippen LogP contribution in [0.25, 0.3) is 12.2 Å². The first-order chi connectivity index (χ1) is 18.9. The summed E-state index contributed by atoms with van der Waals surface area (Å²) in [4.78, 5) is 21.5. The van der Waals surface area contributed by atoms with Crippen LogP contribution in [0.2, 0.25) is 0 Å². The van der Waals surface area contributed by atoms with Gasteiger partial charge in [0.2, 0.25) is 0 Å². The SMILES string of the molecule is CC1(C)O[C@@H]([C@H]2OC(C)(C)O[C@@H]2COc2ccc(C=CC(=O)O)cc2)[C@H](COc2ccc(C=CC(=O)O)cc2)O1. The Labute approximate surface area is 232 Å². The van der Waals surface area contributed by atoms with Gasteiger partial charge in [-0.2, -0.15) is 0 Å². The molecule has 0 saturated carbocycles. The predicted molar refractivity (Wildman–Crippen MR) is 145 cm³/mol. The third-order valence-corrected chi connectivity index (χ3v) is 6.19. The third kappa shape index (κ3) is 8.15. The zero-order chi connectivity index (χ0) is 28.9. The minimum atomic E-state index is -1.01. The predicted octanol–water partition coefficient (Wildman–Crippen LogP) is 4.38. The van der Waals surface area contributed by atoms with Crippen molar-refractivity contribution in [1.29, 1.82) is 0 Å². The summed E-state index contributed by atoms with van der Waals surface area (Å²) >= 11 is 0. The zero-order valence-corrected chi connectivity index (χ0v) is 22.8. The van der Waals surface area contributed by atoms with E-state index in [4.69, 9.17) is 38.6 Å². The number of hydrogen-bond donors (Lipinski definition) is 2. The summed E-state index contributed by atoms with van der Waals surface area (Å²) in [5.41, 5.74) is 1.48. The first-order valence-corrected chi connectivity index (χ1v) is 12.9. The molecule has 2 saturated heterocycles. The normalized spacial score (nSPS) is 25.4. The van der Waals surface area contributed by atoms with Crippen molar-refractivity contribution in [2.24, 2.45) is 0 Å². The Bertz CT molecular complexity index is 1130. The third-order valence-electron chi connectivity index (χ3n) is 6.19. The maximum absolute atomic E-state index is 10.7. The number of aliphatic carboxylic acids is 2. The number of rotatable bonds is 11. The van der Waals surface area contributed by atoms with Crippen LogP contribution in [0.4, 0.5) is 0 Å². The highest BCUT2D eigenvalue weighted by molar-refractivity contribution is 5.85. The minimum Gasteiger partial charge on any atom is -0.491 e. The number of ether oxygens (including phenoxy) is 6. The highest BCUT2D eigenvalue weighted by Crippen LogP contribution is 2.39. The van der Waals surface area contributed by atoms with Crippen LogP contribution in [0, 0.1) is 0 Å². The molecule has 0 aliphatic carbocycles. The Kier molecular flexibility index (Phi) is 8.95. The van der Waals surface area contributed by atoms with Gasteiger partial charge in [-0.3, -0.25) is 0 Å². The molecule has 0 bridgehead atoms.